The smallest absolute Gasteiger partial charge is 0.267 e. The van der Waals surface area contributed by atoms with Crippen LogP contribution < -0.4 is 4.52 Å². The van der Waals surface area contributed by atoms with Crippen molar-refractivity contribution in [3.05, 3.63) is 30.3 Å². The van der Waals surface area contributed by atoms with Crippen LogP contribution in [-0.4, -0.2) is 15.3 Å². The van der Waals surface area contributed by atoms with Gasteiger partial charge in [0.15, 0.2) is 0 Å². The van der Waals surface area contributed by atoms with Gasteiger partial charge in [0.1, 0.15) is 11.1 Å². The lowest BCUT2D eigenvalue weighted by molar-refractivity contribution is 0.0694. The van der Waals surface area contributed by atoms with Gasteiger partial charge in [-0.2, -0.15) is 0 Å². The molecule has 5 heteroatoms. The molecule has 1 aromatic carbocycles. The molecule has 3 nitrogen and oxygen atoms in total. The van der Waals surface area contributed by atoms with E-state index in [2.05, 4.69) is 0 Å². The molecular weight excluding hydrogens is 255 g/mol. The molecule has 94 valence electrons. The van der Waals surface area contributed by atoms with Gasteiger partial charge in [0.05, 0.1) is 0 Å². The summed E-state index contributed by atoms with van der Waals surface area (Å²) in [5.41, 5.74) is 0. The van der Waals surface area contributed by atoms with Crippen LogP contribution in [0.5, 0.6) is 5.75 Å². The maximum absolute atomic E-state index is 10.4. The monoisotopic (exact) mass is 272 g/mol. The zero-order valence-corrected chi connectivity index (χ0v) is 11.3. The zero-order valence-electron chi connectivity index (χ0n) is 9.58. The van der Waals surface area contributed by atoms with Crippen molar-refractivity contribution in [2.75, 3.05) is 0 Å². The Morgan fingerprint density at radius 1 is 1.12 bits per heavy atom. The van der Waals surface area contributed by atoms with E-state index in [0.717, 1.165) is 19.3 Å². The molecule has 1 fully saturated rings. The first kappa shape index (κ1) is 13.0. The number of hydrogen-bond acceptors (Lipinski definition) is 3. The second kappa shape index (κ2) is 5.07. The molecule has 1 unspecified atom stereocenters. The summed E-state index contributed by atoms with van der Waals surface area (Å²) < 4.78 is 5.48. The molecule has 0 aliphatic heterocycles. The molecule has 0 amide bonds. The summed E-state index contributed by atoms with van der Waals surface area (Å²) in [6.07, 6.45) is 3.95. The van der Waals surface area contributed by atoms with E-state index in [1.165, 1.54) is 0 Å². The van der Waals surface area contributed by atoms with E-state index in [9.17, 15) is 10.00 Å². The van der Waals surface area contributed by atoms with Crippen LogP contribution in [0.4, 0.5) is 0 Å². The van der Waals surface area contributed by atoms with Crippen LogP contribution >= 0.6 is 6.49 Å². The highest BCUT2D eigenvalue weighted by atomic mass is 32.5. The van der Waals surface area contributed by atoms with Gasteiger partial charge in [-0.05, 0) is 49.6 Å². The minimum absolute atomic E-state index is 0.525. The fourth-order valence-corrected chi connectivity index (χ4v) is 4.37. The molecule has 1 aliphatic rings. The molecule has 0 aromatic heterocycles. The van der Waals surface area contributed by atoms with Gasteiger partial charge in [-0.25, -0.2) is 0 Å². The first-order chi connectivity index (χ1) is 8.04. The molecule has 0 radical (unpaired) electrons. The Bertz CT molecular complexity index is 415. The van der Waals surface area contributed by atoms with Crippen LogP contribution in [0.25, 0.3) is 0 Å². The topological polar surface area (TPSA) is 49.7 Å². The van der Waals surface area contributed by atoms with E-state index >= 15 is 0 Å². The fourth-order valence-electron chi connectivity index (χ4n) is 2.11. The Labute approximate surface area is 107 Å². The molecule has 0 bridgehead atoms. The summed E-state index contributed by atoms with van der Waals surface area (Å²) in [6.45, 7) is -3.21. The zero-order chi connectivity index (χ0) is 12.4. The van der Waals surface area contributed by atoms with Crippen molar-refractivity contribution in [2.45, 2.75) is 37.4 Å². The first-order valence-corrected chi connectivity index (χ1v) is 8.51. The van der Waals surface area contributed by atoms with Crippen LogP contribution in [-0.2, 0) is 11.8 Å². The molecule has 17 heavy (non-hydrogen) atoms. The lowest BCUT2D eigenvalue weighted by Gasteiger charge is -2.37. The normalized spacial score (nSPS) is 22.7. The summed E-state index contributed by atoms with van der Waals surface area (Å²) in [5, 5.41) is 9.22. The maximum Gasteiger partial charge on any atom is 0.267 e. The predicted molar refractivity (Wildman–Crippen MR) is 71.6 cm³/mol. The van der Waals surface area contributed by atoms with Crippen molar-refractivity contribution in [1.82, 2.24) is 0 Å². The van der Waals surface area contributed by atoms with Gasteiger partial charge in [0.25, 0.3) is 6.49 Å². The minimum Gasteiger partial charge on any atom is -0.442 e. The maximum atomic E-state index is 10.4. The van der Waals surface area contributed by atoms with Crippen LogP contribution in [0, 0.1) is 0 Å². The van der Waals surface area contributed by atoms with Crippen molar-refractivity contribution in [3.8, 4) is 5.75 Å². The van der Waals surface area contributed by atoms with E-state index in [0.29, 0.717) is 18.6 Å². The molecule has 0 saturated heterocycles. The van der Waals surface area contributed by atoms with Crippen molar-refractivity contribution in [1.29, 1.82) is 0 Å². The van der Waals surface area contributed by atoms with Crippen molar-refractivity contribution >= 4 is 18.3 Å². The van der Waals surface area contributed by atoms with Crippen LogP contribution in [0.15, 0.2) is 30.3 Å². The first-order valence-electron chi connectivity index (χ1n) is 5.83. The van der Waals surface area contributed by atoms with Crippen molar-refractivity contribution in [2.24, 2.45) is 0 Å². The molecule has 1 aromatic rings. The van der Waals surface area contributed by atoms with E-state index in [1.54, 1.807) is 12.1 Å². The van der Waals surface area contributed by atoms with E-state index in [-0.39, 0.29) is 0 Å². The predicted octanol–water partition coefficient (Wildman–Crippen LogP) is 3.02. The second-order valence-corrected chi connectivity index (χ2v) is 8.01. The molecule has 1 aliphatic carbocycles. The lowest BCUT2D eigenvalue weighted by Crippen LogP contribution is -2.32. The van der Waals surface area contributed by atoms with Crippen molar-refractivity contribution in [3.63, 3.8) is 0 Å². The Balaban J connectivity index is 2.15. The molecule has 0 spiro atoms. The van der Waals surface area contributed by atoms with Crippen LogP contribution in [0.3, 0.4) is 0 Å². The standard InChI is InChI=1S/C12H17O3PS/c13-12(9-5-2-6-10-12)16(14,17)15-11-7-3-1-4-8-11/h1,3-4,7-8,13H,2,5-6,9-10H2,(H,14,17). The highest BCUT2D eigenvalue weighted by Gasteiger charge is 2.44. The van der Waals surface area contributed by atoms with Gasteiger partial charge in [-0.15, -0.1) is 0 Å². The molecule has 0 heterocycles. The molecule has 2 rings (SSSR count). The highest BCUT2D eigenvalue weighted by molar-refractivity contribution is 8.10. The Morgan fingerprint density at radius 3 is 2.29 bits per heavy atom. The second-order valence-electron chi connectivity index (χ2n) is 4.47. The third kappa shape index (κ3) is 2.89. The summed E-state index contributed by atoms with van der Waals surface area (Å²) in [7, 11) is 0. The number of para-hydroxylation sites is 1. The quantitative estimate of drug-likeness (QED) is 0.830. The number of hydrogen-bond donors (Lipinski definition) is 2. The third-order valence-corrected chi connectivity index (χ3v) is 6.35. The highest BCUT2D eigenvalue weighted by Crippen LogP contribution is 2.59. The van der Waals surface area contributed by atoms with E-state index in [1.807, 2.05) is 18.2 Å². The third-order valence-electron chi connectivity index (χ3n) is 3.15. The van der Waals surface area contributed by atoms with Crippen molar-refractivity contribution < 1.29 is 14.5 Å². The van der Waals surface area contributed by atoms with Gasteiger partial charge in [-0.3, -0.25) is 0 Å². The summed E-state index contributed by atoms with van der Waals surface area (Å²) in [6, 6.07) is 8.97. The average molecular weight is 272 g/mol. The van der Waals surface area contributed by atoms with Gasteiger partial charge in [-0.1, -0.05) is 24.6 Å². The van der Waals surface area contributed by atoms with Crippen LogP contribution in [0.1, 0.15) is 32.1 Å². The Hall–Kier alpha value is -0.410. The fraction of sp³-hybridized carbons (Fsp3) is 0.500. The Morgan fingerprint density at radius 2 is 1.71 bits per heavy atom. The summed E-state index contributed by atoms with van der Waals surface area (Å²) in [4.78, 5) is 10.3. The molecule has 1 atom stereocenters. The number of rotatable bonds is 3. The lowest BCUT2D eigenvalue weighted by atomic mass is 9.97. The van der Waals surface area contributed by atoms with Gasteiger partial charge >= 0.3 is 0 Å². The van der Waals surface area contributed by atoms with Gasteiger partial charge < -0.3 is 14.5 Å². The number of aliphatic hydroxyl groups is 1. The van der Waals surface area contributed by atoms with Gasteiger partial charge in [0, 0.05) is 0 Å². The SMILES string of the molecule is OC1(P(O)(=S)Oc2ccccc2)CCCCC1. The largest absolute Gasteiger partial charge is 0.442 e. The summed E-state index contributed by atoms with van der Waals surface area (Å²) >= 11 is 5.15. The Kier molecular flexibility index (Phi) is 3.88. The summed E-state index contributed by atoms with van der Waals surface area (Å²) in [5.74, 6) is 0.525. The average Bonchev–Trinajstić information content (AvgIpc) is 2.30. The van der Waals surface area contributed by atoms with Crippen LogP contribution in [0.2, 0.25) is 0 Å². The molecule has 2 N–H and O–H groups in total. The minimum atomic E-state index is -3.21. The van der Waals surface area contributed by atoms with E-state index < -0.39 is 11.8 Å². The van der Waals surface area contributed by atoms with Gasteiger partial charge in [0.2, 0.25) is 0 Å². The molecular formula is C12H17O3PS. The number of benzene rings is 1. The van der Waals surface area contributed by atoms with E-state index in [4.69, 9.17) is 16.3 Å². The molecule has 1 saturated carbocycles.